The van der Waals surface area contributed by atoms with Gasteiger partial charge >= 0.3 is 6.18 Å². The van der Waals surface area contributed by atoms with Gasteiger partial charge in [0.25, 0.3) is 5.91 Å². The molecule has 0 bridgehead atoms. The Morgan fingerprint density at radius 2 is 1.93 bits per heavy atom. The molecule has 0 aliphatic carbocycles. The van der Waals surface area contributed by atoms with Crippen LogP contribution in [-0.4, -0.2) is 67.0 Å². The number of likely N-dealkylation sites (N-methyl/N-ethyl adjacent to an activating group) is 1. The van der Waals surface area contributed by atoms with Gasteiger partial charge in [-0.3, -0.25) is 9.69 Å². The predicted octanol–water partition coefficient (Wildman–Crippen LogP) is 4.83. The third kappa shape index (κ3) is 5.43. The average Bonchev–Trinajstić information content (AvgIpc) is 3.43. The molecule has 3 N–H and O–H groups in total. The number of rotatable bonds is 7. The van der Waals surface area contributed by atoms with Crippen molar-refractivity contribution in [3.8, 4) is 17.0 Å². The summed E-state index contributed by atoms with van der Waals surface area (Å²) in [6.45, 7) is 2.88. The van der Waals surface area contributed by atoms with Crippen LogP contribution in [0.15, 0.2) is 61.4 Å². The van der Waals surface area contributed by atoms with Crippen molar-refractivity contribution in [2.24, 2.45) is 0 Å². The van der Waals surface area contributed by atoms with Gasteiger partial charge in [-0.15, -0.1) is 0 Å². The maximum atomic E-state index is 13.8. The van der Waals surface area contributed by atoms with E-state index in [1.54, 1.807) is 30.5 Å². The Labute approximate surface area is 237 Å². The lowest BCUT2D eigenvalue weighted by Crippen LogP contribution is -2.51. The van der Waals surface area contributed by atoms with E-state index < -0.39 is 29.1 Å². The SMILES string of the molecule is Cc1ccc(NC(=O)c2cc(C(F)(F)F)c(OC3CN(C)C3)cn2)cc1Nc1ncccc1-c1ncnc2nc[nH]c12. The van der Waals surface area contributed by atoms with Crippen molar-refractivity contribution in [3.05, 3.63) is 78.3 Å². The van der Waals surface area contributed by atoms with E-state index in [1.807, 2.05) is 24.9 Å². The molecule has 11 nitrogen and oxygen atoms in total. The quantitative estimate of drug-likeness (QED) is 0.250. The summed E-state index contributed by atoms with van der Waals surface area (Å²) in [6.07, 6.45) is 0.428. The van der Waals surface area contributed by atoms with Crippen LogP contribution in [0.3, 0.4) is 0 Å². The number of benzene rings is 1. The zero-order valence-corrected chi connectivity index (χ0v) is 22.4. The summed E-state index contributed by atoms with van der Waals surface area (Å²) in [6, 6.07) is 9.40. The molecule has 1 amide bonds. The van der Waals surface area contributed by atoms with Crippen LogP contribution in [0.5, 0.6) is 5.75 Å². The number of amides is 1. The molecule has 0 radical (unpaired) electrons. The second-order valence-corrected chi connectivity index (χ2v) is 9.86. The summed E-state index contributed by atoms with van der Waals surface area (Å²) in [5, 5.41) is 5.91. The maximum absolute atomic E-state index is 13.8. The summed E-state index contributed by atoms with van der Waals surface area (Å²) >= 11 is 0. The minimum Gasteiger partial charge on any atom is -0.485 e. The second kappa shape index (κ2) is 10.7. The number of nitrogens with one attached hydrogen (secondary N) is 3. The number of pyridine rings is 2. The summed E-state index contributed by atoms with van der Waals surface area (Å²) in [4.78, 5) is 39.1. The van der Waals surface area contributed by atoms with E-state index in [0.29, 0.717) is 58.8 Å². The number of aromatic amines is 1. The molecule has 5 aromatic rings. The molecule has 4 aromatic heterocycles. The lowest BCUT2D eigenvalue weighted by atomic mass is 10.1. The number of hydrogen-bond acceptors (Lipinski definition) is 9. The van der Waals surface area contributed by atoms with Crippen LogP contribution in [0.2, 0.25) is 0 Å². The molecular weight excluding hydrogens is 551 g/mol. The third-order valence-electron chi connectivity index (χ3n) is 6.76. The molecule has 5 heterocycles. The number of carbonyl (C=O) groups excluding carboxylic acids is 1. The monoisotopic (exact) mass is 575 g/mol. The number of halogens is 3. The van der Waals surface area contributed by atoms with E-state index in [2.05, 4.69) is 40.5 Å². The van der Waals surface area contributed by atoms with E-state index in [-0.39, 0.29) is 6.10 Å². The molecule has 0 spiro atoms. The van der Waals surface area contributed by atoms with Gasteiger partial charge in [0.1, 0.15) is 46.5 Å². The van der Waals surface area contributed by atoms with Crippen molar-refractivity contribution in [2.75, 3.05) is 30.8 Å². The Hall–Kier alpha value is -5.11. The highest BCUT2D eigenvalue weighted by Gasteiger charge is 2.37. The fourth-order valence-electron chi connectivity index (χ4n) is 4.60. The number of fused-ring (bicyclic) bond motifs is 1. The summed E-state index contributed by atoms with van der Waals surface area (Å²) in [5.74, 6) is -0.712. The number of aromatic nitrogens is 6. The van der Waals surface area contributed by atoms with E-state index >= 15 is 0 Å². The molecule has 0 atom stereocenters. The van der Waals surface area contributed by atoms with Crippen LogP contribution in [0.1, 0.15) is 21.6 Å². The molecule has 42 heavy (non-hydrogen) atoms. The number of imidazole rings is 1. The highest BCUT2D eigenvalue weighted by Crippen LogP contribution is 2.37. The fourth-order valence-corrected chi connectivity index (χ4v) is 4.60. The molecule has 1 fully saturated rings. The van der Waals surface area contributed by atoms with Crippen LogP contribution in [-0.2, 0) is 6.18 Å². The van der Waals surface area contributed by atoms with Gasteiger partial charge in [0, 0.05) is 36.2 Å². The number of anilines is 3. The predicted molar refractivity (Wildman–Crippen MR) is 148 cm³/mol. The van der Waals surface area contributed by atoms with E-state index in [9.17, 15) is 18.0 Å². The molecule has 0 saturated carbocycles. The summed E-state index contributed by atoms with van der Waals surface area (Å²) < 4.78 is 46.9. The second-order valence-electron chi connectivity index (χ2n) is 9.86. The minimum absolute atomic E-state index is 0.344. The molecular formula is C28H24F3N9O2. The van der Waals surface area contributed by atoms with Crippen molar-refractivity contribution in [1.29, 1.82) is 0 Å². The molecule has 1 aliphatic rings. The zero-order valence-electron chi connectivity index (χ0n) is 22.4. The lowest BCUT2D eigenvalue weighted by Gasteiger charge is -2.36. The fraction of sp³-hybridized carbons (Fsp3) is 0.214. The normalized spacial score (nSPS) is 14.0. The van der Waals surface area contributed by atoms with E-state index in [4.69, 9.17) is 4.74 Å². The van der Waals surface area contributed by atoms with Gasteiger partial charge in [-0.25, -0.2) is 24.9 Å². The first-order chi connectivity index (χ1) is 20.2. The molecule has 6 rings (SSSR count). The van der Waals surface area contributed by atoms with Crippen molar-refractivity contribution in [2.45, 2.75) is 19.2 Å². The Morgan fingerprint density at radius 1 is 1.10 bits per heavy atom. The summed E-state index contributed by atoms with van der Waals surface area (Å²) in [7, 11) is 1.84. The number of H-pyrrole nitrogens is 1. The van der Waals surface area contributed by atoms with Gasteiger partial charge < -0.3 is 20.4 Å². The van der Waals surface area contributed by atoms with Crippen LogP contribution in [0.4, 0.5) is 30.4 Å². The van der Waals surface area contributed by atoms with Gasteiger partial charge in [-0.1, -0.05) is 6.07 Å². The van der Waals surface area contributed by atoms with Gasteiger partial charge in [0.2, 0.25) is 0 Å². The van der Waals surface area contributed by atoms with Crippen molar-refractivity contribution in [3.63, 3.8) is 0 Å². The van der Waals surface area contributed by atoms with Gasteiger partial charge in [-0.2, -0.15) is 13.2 Å². The molecule has 14 heteroatoms. The van der Waals surface area contributed by atoms with Crippen molar-refractivity contribution >= 4 is 34.3 Å². The summed E-state index contributed by atoms with van der Waals surface area (Å²) in [5.41, 5.74) is 2.78. The first-order valence-corrected chi connectivity index (χ1v) is 12.9. The van der Waals surface area contributed by atoms with Crippen LogP contribution in [0.25, 0.3) is 22.4 Å². The topological polar surface area (TPSA) is 134 Å². The molecule has 1 aliphatic heterocycles. The molecule has 1 aromatic carbocycles. The molecule has 214 valence electrons. The number of alkyl halides is 3. The highest BCUT2D eigenvalue weighted by atomic mass is 19.4. The third-order valence-corrected chi connectivity index (χ3v) is 6.76. The van der Waals surface area contributed by atoms with Gasteiger partial charge in [0.05, 0.1) is 12.5 Å². The van der Waals surface area contributed by atoms with Gasteiger partial charge in [0.15, 0.2) is 5.65 Å². The largest absolute Gasteiger partial charge is 0.485 e. The van der Waals surface area contributed by atoms with Gasteiger partial charge in [-0.05, 0) is 49.9 Å². The smallest absolute Gasteiger partial charge is 0.420 e. The number of ether oxygens (including phenoxy) is 1. The Bertz CT molecular complexity index is 1780. The first kappa shape index (κ1) is 27.1. The Balaban J connectivity index is 1.24. The van der Waals surface area contributed by atoms with Crippen molar-refractivity contribution < 1.29 is 22.7 Å². The van der Waals surface area contributed by atoms with Crippen molar-refractivity contribution in [1.82, 2.24) is 34.8 Å². The van der Waals surface area contributed by atoms with Crippen LogP contribution >= 0.6 is 0 Å². The first-order valence-electron chi connectivity index (χ1n) is 12.9. The lowest BCUT2D eigenvalue weighted by molar-refractivity contribution is -0.139. The molecule has 1 saturated heterocycles. The van der Waals surface area contributed by atoms with E-state index in [1.165, 1.54) is 12.7 Å². The van der Waals surface area contributed by atoms with Crippen LogP contribution in [0, 0.1) is 6.92 Å². The maximum Gasteiger partial charge on any atom is 0.420 e. The molecule has 0 unspecified atom stereocenters. The zero-order chi connectivity index (χ0) is 29.4. The number of carbonyl (C=O) groups is 1. The standard InChI is InChI=1S/C28H24F3N9O2/c1-15-5-6-16(38-27(41)21-9-19(28(29,30)31)22(10-33-21)42-17-11-40(2)12-17)8-20(15)39-25-18(4-3-7-32-25)23-24-26(36-13-34-23)37-14-35-24/h3-10,13-14,17H,11-12H2,1-2H3,(H,32,39)(H,38,41)(H,34,35,36,37). The minimum atomic E-state index is -4.73. The average molecular weight is 576 g/mol. The number of aryl methyl sites for hydroxylation is 1. The Morgan fingerprint density at radius 3 is 2.71 bits per heavy atom. The van der Waals surface area contributed by atoms with E-state index in [0.717, 1.165) is 11.8 Å². The number of nitrogens with zero attached hydrogens (tertiary/aromatic N) is 6. The highest BCUT2D eigenvalue weighted by molar-refractivity contribution is 6.03. The number of likely N-dealkylation sites (tertiary alicyclic amines) is 1. The number of hydrogen-bond donors (Lipinski definition) is 3. The van der Waals surface area contributed by atoms with Crippen LogP contribution < -0.4 is 15.4 Å². The Kier molecular flexibility index (Phi) is 6.90.